The molecule has 0 bridgehead atoms. The number of anilines is 2. The van der Waals surface area contributed by atoms with Crippen LogP contribution in [0.2, 0.25) is 0 Å². The minimum Gasteiger partial charge on any atom is -0.276 e. The Morgan fingerprint density at radius 3 is 2.87 bits per heavy atom. The van der Waals surface area contributed by atoms with Crippen molar-refractivity contribution < 1.29 is 4.79 Å². The highest BCUT2D eigenvalue weighted by molar-refractivity contribution is 6.02. The van der Waals surface area contributed by atoms with Gasteiger partial charge in [-0.05, 0) is 31.0 Å². The third-order valence-electron chi connectivity index (χ3n) is 4.37. The molecule has 0 atom stereocenters. The van der Waals surface area contributed by atoms with Gasteiger partial charge in [-0.3, -0.25) is 19.8 Å². The number of carbonyl (C=O) groups excluding carboxylic acids is 1. The summed E-state index contributed by atoms with van der Waals surface area (Å²) in [4.78, 5) is 23.4. The number of hydrogen-bond donors (Lipinski definition) is 1. The fraction of sp³-hybridized carbons (Fsp3) is 0.294. The smallest absolute Gasteiger partial charge is 0.235 e. The zero-order chi connectivity index (χ0) is 15.6. The van der Waals surface area contributed by atoms with Crippen LogP contribution in [0.4, 0.5) is 11.5 Å². The van der Waals surface area contributed by atoms with E-state index in [0.717, 1.165) is 42.3 Å². The van der Waals surface area contributed by atoms with Crippen molar-refractivity contribution in [3.63, 3.8) is 0 Å². The number of aromatic nitrogens is 4. The summed E-state index contributed by atoms with van der Waals surface area (Å²) < 4.78 is 0. The van der Waals surface area contributed by atoms with Gasteiger partial charge in [-0.25, -0.2) is 4.98 Å². The average molecular weight is 307 g/mol. The van der Waals surface area contributed by atoms with E-state index in [1.54, 1.807) is 29.7 Å². The van der Waals surface area contributed by atoms with Crippen molar-refractivity contribution >= 4 is 28.3 Å². The van der Waals surface area contributed by atoms with Gasteiger partial charge in [0.1, 0.15) is 5.82 Å². The highest BCUT2D eigenvalue weighted by atomic mass is 16.2. The van der Waals surface area contributed by atoms with Gasteiger partial charge >= 0.3 is 0 Å². The second-order valence-corrected chi connectivity index (χ2v) is 5.87. The second-order valence-electron chi connectivity index (χ2n) is 5.87. The van der Waals surface area contributed by atoms with Crippen LogP contribution < -0.4 is 4.90 Å². The Labute approximate surface area is 133 Å². The summed E-state index contributed by atoms with van der Waals surface area (Å²) in [5.74, 6) is 0.784. The lowest BCUT2D eigenvalue weighted by atomic mass is 10.1. The first kappa shape index (κ1) is 13.9. The molecule has 1 N–H and O–H groups in total. The summed E-state index contributed by atoms with van der Waals surface area (Å²) in [6.45, 7) is 0. The topological polar surface area (TPSA) is 74.8 Å². The number of hydrogen-bond acceptors (Lipinski definition) is 4. The first-order valence-electron chi connectivity index (χ1n) is 7.86. The summed E-state index contributed by atoms with van der Waals surface area (Å²) in [7, 11) is 0. The zero-order valence-electron chi connectivity index (χ0n) is 12.6. The first-order valence-corrected chi connectivity index (χ1v) is 7.86. The van der Waals surface area contributed by atoms with Crippen molar-refractivity contribution in [1.82, 2.24) is 20.2 Å². The molecule has 0 unspecified atom stereocenters. The molecule has 3 heterocycles. The molecule has 3 aromatic heterocycles. The predicted molar refractivity (Wildman–Crippen MR) is 87.2 cm³/mol. The van der Waals surface area contributed by atoms with E-state index in [9.17, 15) is 4.79 Å². The van der Waals surface area contributed by atoms with Crippen molar-refractivity contribution in [2.75, 3.05) is 4.90 Å². The van der Waals surface area contributed by atoms with Crippen LogP contribution in [0.3, 0.4) is 0 Å². The highest BCUT2D eigenvalue weighted by Gasteiger charge is 2.30. The van der Waals surface area contributed by atoms with Crippen LogP contribution in [0.15, 0.2) is 43.0 Å². The Bertz CT molecular complexity index is 823. The number of carbonyl (C=O) groups is 1. The molecule has 1 saturated carbocycles. The Morgan fingerprint density at radius 1 is 1.22 bits per heavy atom. The van der Waals surface area contributed by atoms with Crippen LogP contribution >= 0.6 is 0 Å². The fourth-order valence-electron chi connectivity index (χ4n) is 3.17. The number of amides is 1. The van der Waals surface area contributed by atoms with E-state index in [-0.39, 0.29) is 11.8 Å². The van der Waals surface area contributed by atoms with Crippen molar-refractivity contribution in [1.29, 1.82) is 0 Å². The minimum absolute atomic E-state index is 0.0667. The molecular weight excluding hydrogens is 290 g/mol. The molecule has 0 aliphatic heterocycles. The van der Waals surface area contributed by atoms with Gasteiger partial charge in [-0.2, -0.15) is 5.10 Å². The van der Waals surface area contributed by atoms with E-state index in [2.05, 4.69) is 20.2 Å². The van der Waals surface area contributed by atoms with Gasteiger partial charge in [0, 0.05) is 17.5 Å². The number of pyridine rings is 2. The third kappa shape index (κ3) is 2.56. The van der Waals surface area contributed by atoms with Gasteiger partial charge in [-0.15, -0.1) is 0 Å². The predicted octanol–water partition coefficient (Wildman–Crippen LogP) is 3.21. The lowest BCUT2D eigenvalue weighted by Crippen LogP contribution is -2.32. The molecule has 0 spiro atoms. The van der Waals surface area contributed by atoms with Gasteiger partial charge in [0.25, 0.3) is 0 Å². The molecular formula is C17H17N5O. The molecule has 1 aliphatic carbocycles. The SMILES string of the molecule is O=C(C1CCCC1)N(c1cccnc1)c1cc2cn[nH]c2cn1. The molecule has 0 saturated heterocycles. The number of nitrogens with one attached hydrogen (secondary N) is 1. The van der Waals surface area contributed by atoms with Crippen molar-refractivity contribution in [2.45, 2.75) is 25.7 Å². The number of fused-ring (bicyclic) bond motifs is 1. The Kier molecular flexibility index (Phi) is 3.49. The molecule has 6 nitrogen and oxygen atoms in total. The molecule has 23 heavy (non-hydrogen) atoms. The van der Waals surface area contributed by atoms with Crippen molar-refractivity contribution in [3.8, 4) is 0 Å². The largest absolute Gasteiger partial charge is 0.276 e. The summed E-state index contributed by atoms with van der Waals surface area (Å²) in [5, 5.41) is 7.83. The van der Waals surface area contributed by atoms with Crippen LogP contribution in [0.5, 0.6) is 0 Å². The first-order chi connectivity index (χ1) is 11.3. The van der Waals surface area contributed by atoms with E-state index < -0.39 is 0 Å². The molecule has 3 aromatic rings. The van der Waals surface area contributed by atoms with Crippen LogP contribution in [0.1, 0.15) is 25.7 Å². The maximum Gasteiger partial charge on any atom is 0.235 e. The maximum atomic E-state index is 13.1. The lowest BCUT2D eigenvalue weighted by molar-refractivity contribution is -0.121. The summed E-state index contributed by atoms with van der Waals surface area (Å²) in [5.41, 5.74) is 1.60. The van der Waals surface area contributed by atoms with E-state index in [1.165, 1.54) is 0 Å². The Morgan fingerprint density at radius 2 is 2.09 bits per heavy atom. The van der Waals surface area contributed by atoms with Crippen molar-refractivity contribution in [3.05, 3.63) is 43.0 Å². The van der Waals surface area contributed by atoms with E-state index >= 15 is 0 Å². The molecule has 1 amide bonds. The van der Waals surface area contributed by atoms with E-state index in [0.29, 0.717) is 5.82 Å². The Hall–Kier alpha value is -2.76. The standard InChI is InChI=1S/C17H17N5O/c23-17(12-4-1-2-5-12)22(14-6-3-7-18-10-14)16-8-13-9-20-21-15(13)11-19-16/h3,6-12H,1-2,4-5H2,(H,20,21). The summed E-state index contributed by atoms with van der Waals surface area (Å²) >= 11 is 0. The van der Waals surface area contributed by atoms with Gasteiger partial charge in [0.15, 0.2) is 0 Å². The monoisotopic (exact) mass is 307 g/mol. The quantitative estimate of drug-likeness (QED) is 0.806. The number of nitrogens with zero attached hydrogens (tertiary/aromatic N) is 4. The number of H-pyrrole nitrogens is 1. The van der Waals surface area contributed by atoms with E-state index in [1.807, 2.05) is 18.2 Å². The van der Waals surface area contributed by atoms with Gasteiger partial charge < -0.3 is 0 Å². The fourth-order valence-corrected chi connectivity index (χ4v) is 3.17. The molecule has 1 aliphatic rings. The Balaban J connectivity index is 1.79. The molecule has 0 radical (unpaired) electrons. The highest BCUT2D eigenvalue weighted by Crippen LogP contribution is 2.32. The van der Waals surface area contributed by atoms with E-state index in [4.69, 9.17) is 0 Å². The van der Waals surface area contributed by atoms with Crippen LogP contribution in [0.25, 0.3) is 10.9 Å². The zero-order valence-corrected chi connectivity index (χ0v) is 12.6. The molecule has 4 rings (SSSR count). The second kappa shape index (κ2) is 5.79. The van der Waals surface area contributed by atoms with Crippen LogP contribution in [0, 0.1) is 5.92 Å². The lowest BCUT2D eigenvalue weighted by Gasteiger charge is -2.24. The normalized spacial score (nSPS) is 15.1. The average Bonchev–Trinajstić information content (AvgIpc) is 3.27. The van der Waals surface area contributed by atoms with Gasteiger partial charge in [0.05, 0.1) is 29.8 Å². The van der Waals surface area contributed by atoms with Crippen LogP contribution in [-0.2, 0) is 4.79 Å². The van der Waals surface area contributed by atoms with Gasteiger partial charge in [-0.1, -0.05) is 12.8 Å². The summed E-state index contributed by atoms with van der Waals surface area (Å²) in [6.07, 6.45) is 11.0. The minimum atomic E-state index is 0.0667. The number of rotatable bonds is 3. The molecule has 0 aromatic carbocycles. The number of aromatic amines is 1. The maximum absolute atomic E-state index is 13.1. The van der Waals surface area contributed by atoms with Crippen molar-refractivity contribution in [2.24, 2.45) is 5.92 Å². The van der Waals surface area contributed by atoms with Gasteiger partial charge in [0.2, 0.25) is 5.91 Å². The molecule has 116 valence electrons. The summed E-state index contributed by atoms with van der Waals surface area (Å²) in [6, 6.07) is 5.61. The van der Waals surface area contributed by atoms with Crippen LogP contribution in [-0.4, -0.2) is 26.1 Å². The third-order valence-corrected chi connectivity index (χ3v) is 4.37. The molecule has 6 heteroatoms. The molecule has 1 fully saturated rings.